The zero-order valence-electron chi connectivity index (χ0n) is 17.7. The van der Waals surface area contributed by atoms with Crippen LogP contribution in [0.4, 0.5) is 8.78 Å². The summed E-state index contributed by atoms with van der Waals surface area (Å²) in [5.74, 6) is 0.742. The van der Waals surface area contributed by atoms with Gasteiger partial charge in [0.05, 0.1) is 26.2 Å². The minimum atomic E-state index is -0.211. The number of piperidine rings is 1. The van der Waals surface area contributed by atoms with Crippen LogP contribution in [0.3, 0.4) is 0 Å². The molecule has 2 fully saturated rings. The fourth-order valence-electron chi connectivity index (χ4n) is 5.40. The number of benzene rings is 2. The van der Waals surface area contributed by atoms with Crippen LogP contribution < -0.4 is 17.0 Å². The lowest BCUT2D eigenvalue weighted by Gasteiger charge is -2.43. The predicted molar refractivity (Wildman–Crippen MR) is 111 cm³/mol. The van der Waals surface area contributed by atoms with Crippen molar-refractivity contribution in [2.45, 2.75) is 39.7 Å². The second-order valence-electron chi connectivity index (χ2n) is 9.09. The molecule has 4 rings (SSSR count). The molecule has 0 radical (unpaired) electrons. The Labute approximate surface area is 183 Å². The maximum absolute atomic E-state index is 14.4. The van der Waals surface area contributed by atoms with Crippen molar-refractivity contribution in [2.75, 3.05) is 20.1 Å². The molecule has 0 N–H and O–H groups in total. The molecule has 2 aromatic rings. The smallest absolute Gasteiger partial charge is 0.126 e. The first-order chi connectivity index (χ1) is 13.3. The Bertz CT molecular complexity index is 885. The van der Waals surface area contributed by atoms with Crippen molar-refractivity contribution in [3.05, 3.63) is 76.4 Å². The van der Waals surface area contributed by atoms with E-state index in [-0.39, 0.29) is 28.6 Å². The fraction of sp³-hybridized carbons (Fsp3) is 0.440. The van der Waals surface area contributed by atoms with Crippen molar-refractivity contribution in [2.24, 2.45) is 11.8 Å². The molecule has 0 spiro atoms. The average Bonchev–Trinajstić information content (AvgIpc) is 3.00. The third kappa shape index (κ3) is 3.94. The molecule has 2 heterocycles. The van der Waals surface area contributed by atoms with E-state index in [1.807, 2.05) is 26.0 Å². The molecule has 4 unspecified atom stereocenters. The third-order valence-corrected chi connectivity index (χ3v) is 7.43. The van der Waals surface area contributed by atoms with Crippen LogP contribution in [0.15, 0.2) is 42.5 Å². The van der Waals surface area contributed by atoms with Gasteiger partial charge in [-0.15, -0.1) is 0 Å². The molecule has 4 heteroatoms. The van der Waals surface area contributed by atoms with Gasteiger partial charge in [-0.25, -0.2) is 8.78 Å². The Morgan fingerprint density at radius 1 is 1.00 bits per heavy atom. The van der Waals surface area contributed by atoms with Crippen LogP contribution in [-0.4, -0.2) is 30.7 Å². The lowest BCUT2D eigenvalue weighted by molar-refractivity contribution is -0.928. The molecule has 0 aliphatic carbocycles. The molecule has 29 heavy (non-hydrogen) atoms. The number of halogens is 3. The van der Waals surface area contributed by atoms with E-state index in [0.717, 1.165) is 27.1 Å². The van der Waals surface area contributed by atoms with Gasteiger partial charge in [-0.05, 0) is 67.2 Å². The topological polar surface area (TPSA) is 0 Å². The van der Waals surface area contributed by atoms with E-state index in [4.69, 9.17) is 0 Å². The van der Waals surface area contributed by atoms with Gasteiger partial charge in [-0.2, -0.15) is 0 Å². The molecule has 2 bridgehead atoms. The molecule has 0 aromatic heterocycles. The number of quaternary nitrogens is 1. The second-order valence-corrected chi connectivity index (χ2v) is 9.09. The molecule has 2 aliphatic heterocycles. The van der Waals surface area contributed by atoms with Crippen molar-refractivity contribution in [1.29, 1.82) is 0 Å². The quantitative estimate of drug-likeness (QED) is 0.616. The normalized spacial score (nSPS) is 28.0. The Hall–Kier alpha value is -1.52. The Morgan fingerprint density at radius 2 is 1.55 bits per heavy atom. The Balaban J connectivity index is 0.00000240. The monoisotopic (exact) mass is 461 g/mol. The van der Waals surface area contributed by atoms with Crippen LogP contribution in [0, 0.1) is 37.3 Å². The molecule has 2 aromatic carbocycles. The number of hydrogen-bond donors (Lipinski definition) is 0. The largest absolute Gasteiger partial charge is 1.00 e. The molecular weight excluding hydrogens is 432 g/mol. The van der Waals surface area contributed by atoms with Crippen molar-refractivity contribution < 1.29 is 30.2 Å². The standard InChI is InChI=1S/C25H30F2N.BrH/c1-16-21(7-5-9-24(16)26)23(22-8-6-10-25(27)17(22)2)14-20-13-19-11-12-28(4,15-19)18(20)3;/h5-10,14,18-20H,11-13,15H2,1-4H3;1H/q+1;/p-1. The van der Waals surface area contributed by atoms with Crippen LogP contribution in [0.2, 0.25) is 0 Å². The average molecular weight is 462 g/mol. The molecule has 156 valence electrons. The van der Waals surface area contributed by atoms with E-state index in [0.29, 0.717) is 23.1 Å². The summed E-state index contributed by atoms with van der Waals surface area (Å²) in [5, 5.41) is 0. The zero-order chi connectivity index (χ0) is 20.1. The molecular formula is C25H30BrF2N. The fourth-order valence-corrected chi connectivity index (χ4v) is 5.40. The summed E-state index contributed by atoms with van der Waals surface area (Å²) in [7, 11) is 2.37. The number of nitrogens with zero attached hydrogens (tertiary/aromatic N) is 1. The lowest BCUT2D eigenvalue weighted by atomic mass is 9.81. The van der Waals surface area contributed by atoms with Gasteiger partial charge in [-0.1, -0.05) is 30.3 Å². The van der Waals surface area contributed by atoms with E-state index in [1.165, 1.54) is 38.1 Å². The van der Waals surface area contributed by atoms with Crippen LogP contribution >= 0.6 is 0 Å². The van der Waals surface area contributed by atoms with Gasteiger partial charge in [0.1, 0.15) is 11.6 Å². The highest BCUT2D eigenvalue weighted by molar-refractivity contribution is 5.83. The number of fused-ring (bicyclic) bond motifs is 2. The summed E-state index contributed by atoms with van der Waals surface area (Å²) in [4.78, 5) is 0. The van der Waals surface area contributed by atoms with Gasteiger partial charge >= 0.3 is 0 Å². The van der Waals surface area contributed by atoms with Gasteiger partial charge in [0.25, 0.3) is 0 Å². The zero-order valence-corrected chi connectivity index (χ0v) is 19.3. The van der Waals surface area contributed by atoms with E-state index >= 15 is 0 Å². The molecule has 4 atom stereocenters. The highest BCUT2D eigenvalue weighted by atomic mass is 79.9. The van der Waals surface area contributed by atoms with Gasteiger partial charge in [0, 0.05) is 18.3 Å². The van der Waals surface area contributed by atoms with Crippen molar-refractivity contribution in [3.63, 3.8) is 0 Å². The molecule has 2 saturated heterocycles. The van der Waals surface area contributed by atoms with E-state index in [2.05, 4.69) is 20.0 Å². The summed E-state index contributed by atoms with van der Waals surface area (Å²) in [5.41, 5.74) is 3.97. The lowest BCUT2D eigenvalue weighted by Crippen LogP contribution is -3.00. The van der Waals surface area contributed by atoms with Crippen LogP contribution in [0.1, 0.15) is 42.0 Å². The summed E-state index contributed by atoms with van der Waals surface area (Å²) in [6.45, 7) is 8.48. The molecule has 1 nitrogen and oxygen atoms in total. The Morgan fingerprint density at radius 3 is 2.10 bits per heavy atom. The van der Waals surface area contributed by atoms with Crippen molar-refractivity contribution >= 4 is 5.57 Å². The maximum Gasteiger partial charge on any atom is 0.126 e. The van der Waals surface area contributed by atoms with Gasteiger partial charge < -0.3 is 21.5 Å². The van der Waals surface area contributed by atoms with Crippen LogP contribution in [0.5, 0.6) is 0 Å². The summed E-state index contributed by atoms with van der Waals surface area (Å²) < 4.78 is 29.9. The highest BCUT2D eigenvalue weighted by Gasteiger charge is 2.47. The van der Waals surface area contributed by atoms with E-state index < -0.39 is 0 Å². The van der Waals surface area contributed by atoms with Crippen LogP contribution in [-0.2, 0) is 0 Å². The summed E-state index contributed by atoms with van der Waals surface area (Å²) >= 11 is 0. The first kappa shape index (κ1) is 22.2. The third-order valence-electron chi connectivity index (χ3n) is 7.43. The molecule has 0 amide bonds. The van der Waals surface area contributed by atoms with Gasteiger partial charge in [0.2, 0.25) is 0 Å². The number of hydrogen-bond acceptors (Lipinski definition) is 0. The first-order valence-corrected chi connectivity index (χ1v) is 10.4. The predicted octanol–water partition coefficient (Wildman–Crippen LogP) is 2.89. The van der Waals surface area contributed by atoms with Crippen LogP contribution in [0.25, 0.3) is 5.57 Å². The first-order valence-electron chi connectivity index (χ1n) is 10.4. The molecule has 0 saturated carbocycles. The number of rotatable bonds is 3. The Kier molecular flexibility index (Phi) is 6.35. The second kappa shape index (κ2) is 8.31. The highest BCUT2D eigenvalue weighted by Crippen LogP contribution is 2.42. The molecule has 2 aliphatic rings. The van der Waals surface area contributed by atoms with Crippen molar-refractivity contribution in [3.8, 4) is 0 Å². The minimum Gasteiger partial charge on any atom is -1.00 e. The SMILES string of the molecule is Cc1c(F)cccc1C(=CC1CC2CC[N+](C)(C2)C1C)c1cccc(F)c1C.[Br-]. The van der Waals surface area contributed by atoms with Crippen molar-refractivity contribution in [1.82, 2.24) is 0 Å². The van der Waals surface area contributed by atoms with Gasteiger partial charge in [-0.3, -0.25) is 0 Å². The van der Waals surface area contributed by atoms with E-state index in [1.54, 1.807) is 12.1 Å². The van der Waals surface area contributed by atoms with Gasteiger partial charge in [0.15, 0.2) is 0 Å². The maximum atomic E-state index is 14.4. The summed E-state index contributed by atoms with van der Waals surface area (Å²) in [6, 6.07) is 10.9. The summed E-state index contributed by atoms with van der Waals surface area (Å²) in [6.07, 6.45) is 4.78. The minimum absolute atomic E-state index is 0. The van der Waals surface area contributed by atoms with E-state index in [9.17, 15) is 8.78 Å².